The van der Waals surface area contributed by atoms with Crippen LogP contribution < -0.4 is 5.32 Å². The molecular weight excluding hydrogens is 435 g/mol. The van der Waals surface area contributed by atoms with Crippen molar-refractivity contribution in [3.05, 3.63) is 64.6 Å². The quantitative estimate of drug-likeness (QED) is 0.618. The average Bonchev–Trinajstić information content (AvgIpc) is 3.29. The Bertz CT molecular complexity index is 1300. The van der Waals surface area contributed by atoms with Crippen molar-refractivity contribution in [2.45, 2.75) is 25.4 Å². The molecule has 0 spiro atoms. The van der Waals surface area contributed by atoms with E-state index in [1.54, 1.807) is 30.1 Å². The summed E-state index contributed by atoms with van der Waals surface area (Å²) >= 11 is 6.34. The molecule has 2 aliphatic rings. The molecule has 32 heavy (non-hydrogen) atoms. The van der Waals surface area contributed by atoms with E-state index in [2.05, 4.69) is 10.4 Å². The molecular formula is C23H18ClFN4O3. The zero-order valence-electron chi connectivity index (χ0n) is 17.1. The minimum atomic E-state index is -0.670. The second-order valence-corrected chi connectivity index (χ2v) is 8.33. The third-order valence-corrected chi connectivity index (χ3v) is 6.29. The molecule has 3 aromatic rings. The number of rotatable bonds is 3. The molecule has 2 aromatic carbocycles. The summed E-state index contributed by atoms with van der Waals surface area (Å²) < 4.78 is 15.5. The highest BCUT2D eigenvalue weighted by Crippen LogP contribution is 2.38. The maximum atomic E-state index is 13.9. The predicted molar refractivity (Wildman–Crippen MR) is 115 cm³/mol. The summed E-state index contributed by atoms with van der Waals surface area (Å²) in [4.78, 5) is 38.2. The molecule has 0 saturated carbocycles. The summed E-state index contributed by atoms with van der Waals surface area (Å²) in [5.41, 5.74) is 4.01. The van der Waals surface area contributed by atoms with Crippen LogP contribution in [-0.2, 0) is 23.2 Å². The van der Waals surface area contributed by atoms with Gasteiger partial charge in [0.1, 0.15) is 11.9 Å². The van der Waals surface area contributed by atoms with Crippen LogP contribution in [0.3, 0.4) is 0 Å². The zero-order valence-corrected chi connectivity index (χ0v) is 17.8. The number of fused-ring (bicyclic) bond motifs is 1. The summed E-state index contributed by atoms with van der Waals surface area (Å²) in [5.74, 6) is -1.41. The number of amides is 3. The minimum Gasteiger partial charge on any atom is -0.322 e. The van der Waals surface area contributed by atoms with Crippen LogP contribution >= 0.6 is 11.6 Å². The van der Waals surface area contributed by atoms with E-state index in [0.717, 1.165) is 16.7 Å². The highest BCUT2D eigenvalue weighted by Gasteiger charge is 2.39. The van der Waals surface area contributed by atoms with Gasteiger partial charge >= 0.3 is 0 Å². The third-order valence-electron chi connectivity index (χ3n) is 5.96. The van der Waals surface area contributed by atoms with E-state index in [1.165, 1.54) is 23.1 Å². The molecule has 1 N–H and O–H groups in total. The Morgan fingerprint density at radius 1 is 1.09 bits per heavy atom. The molecule has 0 aliphatic carbocycles. The topological polar surface area (TPSA) is 84.3 Å². The van der Waals surface area contributed by atoms with Crippen molar-refractivity contribution in [2.24, 2.45) is 7.05 Å². The molecule has 1 aromatic heterocycles. The van der Waals surface area contributed by atoms with E-state index >= 15 is 0 Å². The first kappa shape index (κ1) is 20.4. The Hall–Kier alpha value is -3.52. The highest BCUT2D eigenvalue weighted by molar-refractivity contribution is 6.33. The van der Waals surface area contributed by atoms with Crippen LogP contribution in [0.25, 0.3) is 22.4 Å². The van der Waals surface area contributed by atoms with Gasteiger partial charge < -0.3 is 4.90 Å². The van der Waals surface area contributed by atoms with Gasteiger partial charge in [-0.1, -0.05) is 17.7 Å². The normalized spacial score (nSPS) is 18.2. The molecule has 1 saturated heterocycles. The lowest BCUT2D eigenvalue weighted by Gasteiger charge is -2.29. The molecule has 162 valence electrons. The molecule has 5 rings (SSSR count). The van der Waals surface area contributed by atoms with Crippen molar-refractivity contribution in [1.82, 2.24) is 20.0 Å². The van der Waals surface area contributed by atoms with Crippen molar-refractivity contribution < 1.29 is 18.8 Å². The van der Waals surface area contributed by atoms with E-state index in [4.69, 9.17) is 11.6 Å². The molecule has 1 atom stereocenters. The molecule has 0 bridgehead atoms. The van der Waals surface area contributed by atoms with Crippen molar-refractivity contribution in [3.63, 3.8) is 0 Å². The van der Waals surface area contributed by atoms with Gasteiger partial charge in [0, 0.05) is 36.7 Å². The number of hydrogen-bond acceptors (Lipinski definition) is 4. The Kier molecular flexibility index (Phi) is 4.82. The number of halogens is 2. The van der Waals surface area contributed by atoms with E-state index < -0.39 is 17.8 Å². The molecule has 9 heteroatoms. The van der Waals surface area contributed by atoms with Gasteiger partial charge in [0.25, 0.3) is 5.91 Å². The molecule has 1 unspecified atom stereocenters. The summed E-state index contributed by atoms with van der Waals surface area (Å²) in [5, 5.41) is 7.03. The minimum absolute atomic E-state index is 0.204. The number of piperidine rings is 1. The summed E-state index contributed by atoms with van der Waals surface area (Å²) in [6.07, 6.45) is 2.18. The molecule has 3 heterocycles. The van der Waals surface area contributed by atoms with Crippen LogP contribution in [-0.4, -0.2) is 38.4 Å². The third kappa shape index (κ3) is 3.27. The maximum Gasteiger partial charge on any atom is 0.255 e. The summed E-state index contributed by atoms with van der Waals surface area (Å²) in [6, 6.07) is 8.91. The van der Waals surface area contributed by atoms with Gasteiger partial charge in [0.15, 0.2) is 0 Å². The van der Waals surface area contributed by atoms with E-state index in [1.807, 2.05) is 6.07 Å². The number of carbonyl (C=O) groups excluding carboxylic acids is 3. The SMILES string of the molecule is Cn1ncc(-c2ccc3c(c2)CN(C2CCC(=O)NC2=O)C3=O)c1-c1cc(F)ccc1Cl. The Morgan fingerprint density at radius 2 is 1.91 bits per heavy atom. The van der Waals surface area contributed by atoms with Crippen LogP contribution in [0.5, 0.6) is 0 Å². The van der Waals surface area contributed by atoms with Crippen molar-refractivity contribution in [1.29, 1.82) is 0 Å². The maximum absolute atomic E-state index is 13.9. The highest BCUT2D eigenvalue weighted by atomic mass is 35.5. The lowest BCUT2D eigenvalue weighted by molar-refractivity contribution is -0.136. The van der Waals surface area contributed by atoms with Gasteiger partial charge in [0.2, 0.25) is 11.8 Å². The number of imide groups is 1. The zero-order chi connectivity index (χ0) is 22.6. The Balaban J connectivity index is 1.52. The van der Waals surface area contributed by atoms with Gasteiger partial charge in [-0.15, -0.1) is 0 Å². The molecule has 7 nitrogen and oxygen atoms in total. The summed E-state index contributed by atoms with van der Waals surface area (Å²) in [6.45, 7) is 0.268. The number of benzene rings is 2. The lowest BCUT2D eigenvalue weighted by Crippen LogP contribution is -2.52. The second kappa shape index (κ2) is 7.56. The second-order valence-electron chi connectivity index (χ2n) is 7.93. The largest absolute Gasteiger partial charge is 0.322 e. The fourth-order valence-electron chi connectivity index (χ4n) is 4.39. The number of aromatic nitrogens is 2. The number of hydrogen-bond donors (Lipinski definition) is 1. The van der Waals surface area contributed by atoms with E-state index in [9.17, 15) is 18.8 Å². The van der Waals surface area contributed by atoms with Gasteiger partial charge in [-0.2, -0.15) is 5.10 Å². The first-order chi connectivity index (χ1) is 15.3. The molecule has 0 radical (unpaired) electrons. The standard InChI is InChI=1S/C23H18ClFN4O3/c1-28-21(16-9-14(25)3-5-18(16)24)17(10-26-28)12-2-4-15-13(8-12)11-29(23(15)32)19-6-7-20(30)27-22(19)31/h2-5,8-10,19H,6-7,11H2,1H3,(H,27,30,31). The fraction of sp³-hybridized carbons (Fsp3) is 0.217. The van der Waals surface area contributed by atoms with Crippen LogP contribution in [0.1, 0.15) is 28.8 Å². The van der Waals surface area contributed by atoms with Crippen molar-refractivity contribution in [3.8, 4) is 22.4 Å². The summed E-state index contributed by atoms with van der Waals surface area (Å²) in [7, 11) is 1.75. The van der Waals surface area contributed by atoms with Crippen molar-refractivity contribution >= 4 is 29.3 Å². The number of nitrogens with zero attached hydrogens (tertiary/aromatic N) is 3. The van der Waals surface area contributed by atoms with Crippen molar-refractivity contribution in [2.75, 3.05) is 0 Å². The van der Waals surface area contributed by atoms with E-state index in [0.29, 0.717) is 28.3 Å². The van der Waals surface area contributed by atoms with Gasteiger partial charge in [-0.25, -0.2) is 4.39 Å². The van der Waals surface area contributed by atoms with Gasteiger partial charge in [-0.05, 0) is 47.9 Å². The van der Waals surface area contributed by atoms with Gasteiger partial charge in [0.05, 0.1) is 16.9 Å². The molecule has 3 amide bonds. The predicted octanol–water partition coefficient (Wildman–Crippen LogP) is 3.31. The number of aryl methyl sites for hydroxylation is 1. The number of carbonyl (C=O) groups is 3. The first-order valence-corrected chi connectivity index (χ1v) is 10.5. The smallest absolute Gasteiger partial charge is 0.255 e. The fourth-order valence-corrected chi connectivity index (χ4v) is 4.60. The Labute approximate surface area is 187 Å². The first-order valence-electron chi connectivity index (χ1n) is 10.1. The monoisotopic (exact) mass is 452 g/mol. The van der Waals surface area contributed by atoms with E-state index in [-0.39, 0.29) is 24.8 Å². The number of nitrogens with one attached hydrogen (secondary N) is 1. The van der Waals surface area contributed by atoms with Crippen LogP contribution in [0.2, 0.25) is 5.02 Å². The molecule has 2 aliphatic heterocycles. The van der Waals surface area contributed by atoms with Crippen LogP contribution in [0, 0.1) is 5.82 Å². The van der Waals surface area contributed by atoms with Gasteiger partial charge in [-0.3, -0.25) is 24.4 Å². The average molecular weight is 453 g/mol. The van der Waals surface area contributed by atoms with Crippen LogP contribution in [0.4, 0.5) is 4.39 Å². The Morgan fingerprint density at radius 3 is 2.69 bits per heavy atom. The lowest BCUT2D eigenvalue weighted by atomic mass is 9.98. The molecule has 1 fully saturated rings. The van der Waals surface area contributed by atoms with Crippen LogP contribution in [0.15, 0.2) is 42.6 Å².